The average molecular weight is 345 g/mol. The molecule has 24 heavy (non-hydrogen) atoms. The molecule has 3 aromatic rings. The highest BCUT2D eigenvalue weighted by atomic mass is 35.5. The molecule has 0 unspecified atom stereocenters. The Balaban J connectivity index is 2.06. The Kier molecular flexibility index (Phi) is 4.36. The van der Waals surface area contributed by atoms with Gasteiger partial charge in [-0.25, -0.2) is 9.18 Å². The van der Waals surface area contributed by atoms with Crippen LogP contribution in [0.4, 0.5) is 4.39 Å². The standard InChI is InChI=1S/C18H14ClFN2O2/c1-21-16(13-4-8-15(20)9-5-13)10-17(23)22(18(21)24)11-12-2-6-14(19)7-3-12/h2-10H,11H2,1H3. The van der Waals surface area contributed by atoms with Crippen molar-refractivity contribution in [1.29, 1.82) is 0 Å². The Bertz CT molecular complexity index is 990. The summed E-state index contributed by atoms with van der Waals surface area (Å²) in [5.74, 6) is -0.375. The van der Waals surface area contributed by atoms with Crippen LogP contribution in [-0.4, -0.2) is 9.13 Å². The second-order valence-electron chi connectivity index (χ2n) is 5.43. The molecular formula is C18H14ClFN2O2. The zero-order chi connectivity index (χ0) is 17.3. The predicted octanol–water partition coefficient (Wildman–Crippen LogP) is 3.05. The Morgan fingerprint density at radius 1 is 1.00 bits per heavy atom. The number of aromatic nitrogens is 2. The van der Waals surface area contributed by atoms with Gasteiger partial charge in [-0.1, -0.05) is 23.7 Å². The van der Waals surface area contributed by atoms with Gasteiger partial charge in [0.1, 0.15) is 5.82 Å². The lowest BCUT2D eigenvalue weighted by Gasteiger charge is -2.12. The quantitative estimate of drug-likeness (QED) is 0.733. The maximum atomic E-state index is 13.1. The minimum absolute atomic E-state index is 0.159. The van der Waals surface area contributed by atoms with Crippen LogP contribution in [0.25, 0.3) is 11.3 Å². The van der Waals surface area contributed by atoms with Crippen molar-refractivity contribution in [2.45, 2.75) is 6.54 Å². The van der Waals surface area contributed by atoms with Crippen LogP contribution < -0.4 is 11.2 Å². The third kappa shape index (κ3) is 3.16. The fourth-order valence-corrected chi connectivity index (χ4v) is 2.61. The summed E-state index contributed by atoms with van der Waals surface area (Å²) in [5.41, 5.74) is 1.00. The van der Waals surface area contributed by atoms with E-state index in [2.05, 4.69) is 0 Å². The summed E-state index contributed by atoms with van der Waals surface area (Å²) < 4.78 is 15.6. The van der Waals surface area contributed by atoms with E-state index in [0.717, 1.165) is 10.1 Å². The molecule has 0 atom stereocenters. The first kappa shape index (κ1) is 16.2. The van der Waals surface area contributed by atoms with E-state index in [1.54, 1.807) is 31.3 Å². The van der Waals surface area contributed by atoms with Crippen molar-refractivity contribution in [1.82, 2.24) is 9.13 Å². The molecule has 6 heteroatoms. The van der Waals surface area contributed by atoms with Crippen molar-refractivity contribution in [2.24, 2.45) is 7.05 Å². The van der Waals surface area contributed by atoms with Gasteiger partial charge in [-0.05, 0) is 47.5 Å². The molecule has 0 aliphatic carbocycles. The molecule has 0 spiro atoms. The maximum Gasteiger partial charge on any atom is 0.331 e. The summed E-state index contributed by atoms with van der Waals surface area (Å²) in [6.45, 7) is 0.159. The fraction of sp³-hybridized carbons (Fsp3) is 0.111. The number of hydrogen-bond acceptors (Lipinski definition) is 2. The summed E-state index contributed by atoms with van der Waals surface area (Å²) in [4.78, 5) is 24.9. The van der Waals surface area contributed by atoms with Crippen LogP contribution in [0.5, 0.6) is 0 Å². The van der Waals surface area contributed by atoms with Gasteiger partial charge in [-0.2, -0.15) is 0 Å². The largest absolute Gasteiger partial charge is 0.331 e. The van der Waals surface area contributed by atoms with Gasteiger partial charge in [-0.3, -0.25) is 13.9 Å². The van der Waals surface area contributed by atoms with E-state index in [4.69, 9.17) is 11.6 Å². The van der Waals surface area contributed by atoms with Gasteiger partial charge < -0.3 is 0 Å². The Morgan fingerprint density at radius 2 is 1.62 bits per heavy atom. The van der Waals surface area contributed by atoms with Crippen LogP contribution in [0.3, 0.4) is 0 Å². The average Bonchev–Trinajstić information content (AvgIpc) is 2.57. The molecule has 0 saturated heterocycles. The first-order valence-electron chi connectivity index (χ1n) is 7.27. The Labute approximate surface area is 142 Å². The number of hydrogen-bond donors (Lipinski definition) is 0. The molecule has 0 radical (unpaired) electrons. The van der Waals surface area contributed by atoms with Gasteiger partial charge in [0, 0.05) is 18.1 Å². The van der Waals surface area contributed by atoms with Gasteiger partial charge in [0.25, 0.3) is 5.56 Å². The molecule has 1 heterocycles. The lowest BCUT2D eigenvalue weighted by molar-refractivity contribution is 0.627. The van der Waals surface area contributed by atoms with E-state index in [9.17, 15) is 14.0 Å². The van der Waals surface area contributed by atoms with Crippen molar-refractivity contribution in [3.8, 4) is 11.3 Å². The normalized spacial score (nSPS) is 10.8. The highest BCUT2D eigenvalue weighted by Gasteiger charge is 2.11. The molecular weight excluding hydrogens is 331 g/mol. The number of rotatable bonds is 3. The smallest absolute Gasteiger partial charge is 0.296 e. The van der Waals surface area contributed by atoms with E-state index < -0.39 is 11.2 Å². The second-order valence-corrected chi connectivity index (χ2v) is 5.87. The molecule has 0 N–H and O–H groups in total. The van der Waals surface area contributed by atoms with Crippen LogP contribution >= 0.6 is 11.6 Å². The topological polar surface area (TPSA) is 44.0 Å². The van der Waals surface area contributed by atoms with Crippen molar-refractivity contribution in [3.63, 3.8) is 0 Å². The maximum absolute atomic E-state index is 13.1. The van der Waals surface area contributed by atoms with Gasteiger partial charge in [0.15, 0.2) is 0 Å². The monoisotopic (exact) mass is 344 g/mol. The molecule has 0 bridgehead atoms. The van der Waals surface area contributed by atoms with E-state index in [1.165, 1.54) is 34.9 Å². The second kappa shape index (κ2) is 6.45. The zero-order valence-electron chi connectivity index (χ0n) is 12.9. The minimum atomic E-state index is -0.434. The highest BCUT2D eigenvalue weighted by molar-refractivity contribution is 6.30. The summed E-state index contributed by atoms with van der Waals surface area (Å²) in [6, 6.07) is 14.0. The summed E-state index contributed by atoms with van der Waals surface area (Å²) in [6.07, 6.45) is 0. The molecule has 0 fully saturated rings. The van der Waals surface area contributed by atoms with Gasteiger partial charge in [-0.15, -0.1) is 0 Å². The van der Waals surface area contributed by atoms with E-state index >= 15 is 0 Å². The number of nitrogens with zero attached hydrogens (tertiary/aromatic N) is 2. The molecule has 1 aromatic heterocycles. The molecule has 0 aliphatic rings. The predicted molar refractivity (Wildman–Crippen MR) is 91.9 cm³/mol. The molecule has 3 rings (SSSR count). The SMILES string of the molecule is Cn1c(-c2ccc(F)cc2)cc(=O)n(Cc2ccc(Cl)cc2)c1=O. The Hall–Kier alpha value is -2.66. The molecule has 0 aliphatic heterocycles. The summed E-state index contributed by atoms with van der Waals surface area (Å²) in [5, 5.41) is 0.589. The van der Waals surface area contributed by atoms with Crippen molar-refractivity contribution in [3.05, 3.63) is 91.8 Å². The molecule has 2 aromatic carbocycles. The van der Waals surface area contributed by atoms with E-state index in [0.29, 0.717) is 16.3 Å². The third-order valence-corrected chi connectivity index (χ3v) is 4.05. The third-order valence-electron chi connectivity index (χ3n) is 3.80. The highest BCUT2D eigenvalue weighted by Crippen LogP contribution is 2.16. The molecule has 0 amide bonds. The number of benzene rings is 2. The van der Waals surface area contributed by atoms with Crippen molar-refractivity contribution >= 4 is 11.6 Å². The van der Waals surface area contributed by atoms with Crippen LogP contribution in [0, 0.1) is 5.82 Å². The van der Waals surface area contributed by atoms with Crippen LogP contribution in [0.15, 0.2) is 64.2 Å². The first-order chi connectivity index (χ1) is 11.5. The zero-order valence-corrected chi connectivity index (χ0v) is 13.6. The Morgan fingerprint density at radius 3 is 2.25 bits per heavy atom. The van der Waals surface area contributed by atoms with Crippen molar-refractivity contribution < 1.29 is 4.39 Å². The van der Waals surface area contributed by atoms with Crippen LogP contribution in [0.2, 0.25) is 5.02 Å². The van der Waals surface area contributed by atoms with Crippen molar-refractivity contribution in [2.75, 3.05) is 0 Å². The summed E-state index contributed by atoms with van der Waals surface area (Å²) in [7, 11) is 1.58. The minimum Gasteiger partial charge on any atom is -0.296 e. The van der Waals surface area contributed by atoms with E-state index in [-0.39, 0.29) is 12.4 Å². The molecule has 0 saturated carbocycles. The molecule has 4 nitrogen and oxygen atoms in total. The van der Waals surface area contributed by atoms with Gasteiger partial charge >= 0.3 is 5.69 Å². The molecule has 122 valence electrons. The lowest BCUT2D eigenvalue weighted by atomic mass is 10.1. The van der Waals surface area contributed by atoms with Crippen LogP contribution in [0.1, 0.15) is 5.56 Å². The first-order valence-corrected chi connectivity index (χ1v) is 7.65. The lowest BCUT2D eigenvalue weighted by Crippen LogP contribution is -2.39. The number of halogens is 2. The van der Waals surface area contributed by atoms with Crippen LogP contribution in [-0.2, 0) is 13.6 Å². The fourth-order valence-electron chi connectivity index (χ4n) is 2.49. The van der Waals surface area contributed by atoms with Gasteiger partial charge in [0.05, 0.1) is 12.2 Å². The van der Waals surface area contributed by atoms with Gasteiger partial charge in [0.2, 0.25) is 0 Å². The van der Waals surface area contributed by atoms with E-state index in [1.807, 2.05) is 0 Å². The summed E-state index contributed by atoms with van der Waals surface area (Å²) >= 11 is 5.84.